The molecule has 0 heterocycles. The molecule has 3 rings (SSSR count). The third-order valence-corrected chi connectivity index (χ3v) is 4.21. The molecule has 0 aromatic heterocycles. The van der Waals surface area contributed by atoms with Crippen molar-refractivity contribution < 1.29 is 4.79 Å². The Bertz CT molecular complexity index is 689. The Kier molecular flexibility index (Phi) is 4.77. The molecule has 2 aromatic rings. The summed E-state index contributed by atoms with van der Waals surface area (Å²) in [6.07, 6.45) is 4.86. The number of para-hydroxylation sites is 1. The fourth-order valence-electron chi connectivity index (χ4n) is 2.82. The van der Waals surface area contributed by atoms with Gasteiger partial charge >= 0.3 is 0 Å². The van der Waals surface area contributed by atoms with E-state index >= 15 is 0 Å². The fraction of sp³-hybridized carbons (Fsp3) is 0.250. The summed E-state index contributed by atoms with van der Waals surface area (Å²) in [5, 5.41) is 6.60. The van der Waals surface area contributed by atoms with E-state index in [2.05, 4.69) is 10.6 Å². The topological polar surface area (TPSA) is 41.1 Å². The fourth-order valence-corrected chi connectivity index (χ4v) is 2.82. The number of ketones is 1. The van der Waals surface area contributed by atoms with Crippen molar-refractivity contribution in [1.82, 2.24) is 0 Å². The largest absolute Gasteiger partial charge is 0.361 e. The highest BCUT2D eigenvalue weighted by Gasteiger charge is 2.22. The van der Waals surface area contributed by atoms with Crippen LogP contribution in [0.4, 0.5) is 17.1 Å². The summed E-state index contributed by atoms with van der Waals surface area (Å²) in [7, 11) is 0. The molecule has 0 unspecified atom stereocenters. The molecule has 0 aliphatic heterocycles. The monoisotopic (exact) mass is 306 g/mol. The van der Waals surface area contributed by atoms with Crippen LogP contribution >= 0.6 is 0 Å². The van der Waals surface area contributed by atoms with Crippen molar-refractivity contribution in [2.45, 2.75) is 26.2 Å². The maximum Gasteiger partial charge on any atom is 0.163 e. The molecule has 2 N–H and O–H groups in total. The van der Waals surface area contributed by atoms with Gasteiger partial charge in [-0.1, -0.05) is 25.1 Å². The minimum Gasteiger partial charge on any atom is -0.361 e. The third kappa shape index (κ3) is 4.01. The van der Waals surface area contributed by atoms with Crippen molar-refractivity contribution in [2.24, 2.45) is 5.92 Å². The number of Topliss-reactive ketones (excluding diaryl/α,β-unsaturated/α-hetero) is 1. The van der Waals surface area contributed by atoms with Crippen LogP contribution in [0.15, 0.2) is 66.4 Å². The summed E-state index contributed by atoms with van der Waals surface area (Å²) in [6.45, 7) is 2.01. The Morgan fingerprint density at radius 3 is 2.35 bits per heavy atom. The molecular formula is C20H22N2O. The first-order valence-corrected chi connectivity index (χ1v) is 8.14. The van der Waals surface area contributed by atoms with Gasteiger partial charge in [-0.2, -0.15) is 0 Å². The van der Waals surface area contributed by atoms with Crippen LogP contribution in [0.3, 0.4) is 0 Å². The van der Waals surface area contributed by atoms with Gasteiger partial charge in [-0.25, -0.2) is 0 Å². The average molecular weight is 306 g/mol. The maximum absolute atomic E-state index is 12.1. The van der Waals surface area contributed by atoms with Gasteiger partial charge in [0.15, 0.2) is 5.78 Å². The van der Waals surface area contributed by atoms with Crippen LogP contribution in [0.5, 0.6) is 0 Å². The zero-order valence-corrected chi connectivity index (χ0v) is 13.4. The number of carbonyl (C=O) groups excluding carboxylic acids is 1. The van der Waals surface area contributed by atoms with Crippen LogP contribution < -0.4 is 10.6 Å². The van der Waals surface area contributed by atoms with E-state index in [1.165, 1.54) is 0 Å². The minimum absolute atomic E-state index is 0.161. The molecule has 1 aliphatic rings. The Morgan fingerprint density at radius 2 is 1.61 bits per heavy atom. The van der Waals surface area contributed by atoms with E-state index in [9.17, 15) is 4.79 Å². The predicted molar refractivity (Wildman–Crippen MR) is 95.9 cm³/mol. The Labute approximate surface area is 137 Å². The normalized spacial score (nSPS) is 19.6. The second-order valence-corrected chi connectivity index (χ2v) is 6.04. The molecule has 0 spiro atoms. The van der Waals surface area contributed by atoms with Crippen molar-refractivity contribution in [3.05, 3.63) is 66.4 Å². The Balaban J connectivity index is 1.62. The lowest BCUT2D eigenvalue weighted by atomic mass is 9.86. The summed E-state index contributed by atoms with van der Waals surface area (Å²) >= 11 is 0. The summed E-state index contributed by atoms with van der Waals surface area (Å²) in [6, 6.07) is 18.2. The first-order chi connectivity index (χ1) is 11.2. The molecule has 3 heteroatoms. The third-order valence-electron chi connectivity index (χ3n) is 4.21. The summed E-state index contributed by atoms with van der Waals surface area (Å²) in [5.74, 6) is 0.445. The van der Waals surface area contributed by atoms with Gasteiger partial charge in [-0.15, -0.1) is 0 Å². The quantitative estimate of drug-likeness (QED) is 0.771. The highest BCUT2D eigenvalue weighted by atomic mass is 16.1. The lowest BCUT2D eigenvalue weighted by Crippen LogP contribution is -2.19. The number of hydrogen-bond donors (Lipinski definition) is 2. The molecule has 0 saturated heterocycles. The number of rotatable bonds is 4. The molecule has 1 saturated carbocycles. The van der Waals surface area contributed by atoms with E-state index in [0.29, 0.717) is 0 Å². The van der Waals surface area contributed by atoms with Gasteiger partial charge < -0.3 is 10.6 Å². The maximum atomic E-state index is 12.1. The summed E-state index contributed by atoms with van der Waals surface area (Å²) in [5.41, 5.74) is 4.01. The predicted octanol–water partition coefficient (Wildman–Crippen LogP) is 5.12. The van der Waals surface area contributed by atoms with Gasteiger partial charge in [-0.05, 0) is 55.7 Å². The number of benzene rings is 2. The molecule has 1 aliphatic carbocycles. The van der Waals surface area contributed by atoms with Gasteiger partial charge in [-0.3, -0.25) is 4.79 Å². The van der Waals surface area contributed by atoms with Crippen molar-refractivity contribution in [1.29, 1.82) is 0 Å². The zero-order valence-electron chi connectivity index (χ0n) is 13.4. The van der Waals surface area contributed by atoms with E-state index in [-0.39, 0.29) is 11.7 Å². The van der Waals surface area contributed by atoms with Crippen molar-refractivity contribution in [2.75, 3.05) is 10.6 Å². The molecule has 0 amide bonds. The van der Waals surface area contributed by atoms with Crippen LogP contribution in [-0.4, -0.2) is 5.78 Å². The molecular weight excluding hydrogens is 284 g/mol. The SMILES string of the molecule is C[C@H]1CCC/C(=C\Nc2ccc(Nc3ccccc3)cc2)C1=O. The highest BCUT2D eigenvalue weighted by Crippen LogP contribution is 2.25. The first kappa shape index (κ1) is 15.3. The van der Waals surface area contributed by atoms with Crippen LogP contribution in [0.1, 0.15) is 26.2 Å². The molecule has 1 atom stereocenters. The summed E-state index contributed by atoms with van der Waals surface area (Å²) < 4.78 is 0. The Hall–Kier alpha value is -2.55. The average Bonchev–Trinajstić information content (AvgIpc) is 2.58. The highest BCUT2D eigenvalue weighted by molar-refractivity contribution is 5.97. The smallest absolute Gasteiger partial charge is 0.163 e. The van der Waals surface area contributed by atoms with Gasteiger partial charge in [0.2, 0.25) is 0 Å². The van der Waals surface area contributed by atoms with E-state index in [1.807, 2.05) is 67.7 Å². The van der Waals surface area contributed by atoms with Crippen LogP contribution in [-0.2, 0) is 4.79 Å². The van der Waals surface area contributed by atoms with Gasteiger partial charge in [0.05, 0.1) is 0 Å². The summed E-state index contributed by atoms with van der Waals surface area (Å²) in [4.78, 5) is 12.1. The second-order valence-electron chi connectivity index (χ2n) is 6.04. The van der Waals surface area contributed by atoms with Gasteiger partial charge in [0.1, 0.15) is 0 Å². The molecule has 23 heavy (non-hydrogen) atoms. The molecule has 0 radical (unpaired) electrons. The van der Waals surface area contributed by atoms with Gasteiger partial charge in [0.25, 0.3) is 0 Å². The second kappa shape index (κ2) is 7.14. The first-order valence-electron chi connectivity index (χ1n) is 8.14. The molecule has 1 fully saturated rings. The molecule has 3 nitrogen and oxygen atoms in total. The van der Waals surface area contributed by atoms with E-state index < -0.39 is 0 Å². The number of nitrogens with one attached hydrogen (secondary N) is 2. The van der Waals surface area contributed by atoms with Gasteiger partial charge in [0, 0.05) is 34.8 Å². The number of hydrogen-bond acceptors (Lipinski definition) is 3. The molecule has 0 bridgehead atoms. The van der Waals surface area contributed by atoms with Crippen LogP contribution in [0.2, 0.25) is 0 Å². The molecule has 2 aromatic carbocycles. The Morgan fingerprint density at radius 1 is 0.957 bits per heavy atom. The van der Waals surface area contributed by atoms with Crippen LogP contribution in [0.25, 0.3) is 0 Å². The lowest BCUT2D eigenvalue weighted by Gasteiger charge is -2.19. The number of anilines is 3. The zero-order chi connectivity index (χ0) is 16.1. The number of allylic oxidation sites excluding steroid dienone is 1. The van der Waals surface area contributed by atoms with E-state index in [4.69, 9.17) is 0 Å². The van der Waals surface area contributed by atoms with Crippen LogP contribution in [0, 0.1) is 5.92 Å². The number of carbonyl (C=O) groups is 1. The minimum atomic E-state index is 0.161. The van der Waals surface area contributed by atoms with E-state index in [1.54, 1.807) is 0 Å². The standard InChI is InChI=1S/C20H22N2O/c1-15-6-5-7-16(20(15)23)14-21-17-10-12-19(13-11-17)22-18-8-3-2-4-9-18/h2-4,8-15,21-22H,5-7H2,1H3/b16-14+/t15-/m0/s1. The molecule has 118 valence electrons. The van der Waals surface area contributed by atoms with E-state index in [0.717, 1.165) is 41.9 Å². The lowest BCUT2D eigenvalue weighted by molar-refractivity contribution is -0.119. The van der Waals surface area contributed by atoms with Crippen molar-refractivity contribution in [3.63, 3.8) is 0 Å². The van der Waals surface area contributed by atoms with Crippen molar-refractivity contribution in [3.8, 4) is 0 Å². The van der Waals surface area contributed by atoms with Crippen molar-refractivity contribution >= 4 is 22.8 Å².